The van der Waals surface area contributed by atoms with Crippen LogP contribution in [0.2, 0.25) is 0 Å². The van der Waals surface area contributed by atoms with Gasteiger partial charge in [-0.1, -0.05) is 19.3 Å². The lowest BCUT2D eigenvalue weighted by Gasteiger charge is -2.19. The standard InChI is InChI=1S/C19H19F2N3OS/c1-11-7-13(17-14(8-11)24-16(10-22-17)25-19(20)21)18-23-9-15(26-18)12-5-3-2-4-6-12/h7-10,12,19H,2-6H2,1H3. The molecule has 1 aliphatic rings. The van der Waals surface area contributed by atoms with Crippen LogP contribution in [0.1, 0.15) is 48.5 Å². The summed E-state index contributed by atoms with van der Waals surface area (Å²) in [6, 6.07) is 3.84. The molecule has 0 N–H and O–H groups in total. The van der Waals surface area contributed by atoms with Gasteiger partial charge in [-0.2, -0.15) is 8.78 Å². The van der Waals surface area contributed by atoms with Crippen molar-refractivity contribution in [3.8, 4) is 16.5 Å². The summed E-state index contributed by atoms with van der Waals surface area (Å²) in [4.78, 5) is 14.4. The summed E-state index contributed by atoms with van der Waals surface area (Å²) in [5, 5.41) is 0.899. The summed E-state index contributed by atoms with van der Waals surface area (Å²) < 4.78 is 29.2. The average Bonchev–Trinajstić information content (AvgIpc) is 3.11. The van der Waals surface area contributed by atoms with Crippen LogP contribution in [0, 0.1) is 6.92 Å². The number of aromatic nitrogens is 3. The van der Waals surface area contributed by atoms with Crippen LogP contribution >= 0.6 is 11.3 Å². The Morgan fingerprint density at radius 1 is 1.12 bits per heavy atom. The summed E-state index contributed by atoms with van der Waals surface area (Å²) in [6.45, 7) is -0.968. The van der Waals surface area contributed by atoms with Crippen LogP contribution in [-0.4, -0.2) is 21.6 Å². The molecule has 0 unspecified atom stereocenters. The van der Waals surface area contributed by atoms with Gasteiger partial charge in [-0.05, 0) is 43.4 Å². The SMILES string of the molecule is Cc1cc(-c2ncc(C3CCCCC3)s2)c2ncc(OC(F)F)nc2c1. The monoisotopic (exact) mass is 375 g/mol. The Kier molecular flexibility index (Phi) is 4.80. The minimum Gasteiger partial charge on any atom is -0.415 e. The minimum absolute atomic E-state index is 0.175. The number of hydrogen-bond acceptors (Lipinski definition) is 5. The zero-order valence-electron chi connectivity index (χ0n) is 14.4. The molecule has 0 amide bonds. The van der Waals surface area contributed by atoms with Gasteiger partial charge >= 0.3 is 6.61 Å². The third-order valence-corrected chi connectivity index (χ3v) is 5.93. The molecular weight excluding hydrogens is 356 g/mol. The number of rotatable bonds is 4. The van der Waals surface area contributed by atoms with Crippen LogP contribution in [0.25, 0.3) is 21.6 Å². The first kappa shape index (κ1) is 17.3. The maximum absolute atomic E-state index is 12.4. The number of halogens is 2. The second-order valence-electron chi connectivity index (χ2n) is 6.67. The number of benzene rings is 1. The molecule has 0 atom stereocenters. The molecule has 4 nitrogen and oxygen atoms in total. The normalized spacial score (nSPS) is 15.7. The van der Waals surface area contributed by atoms with Crippen LogP contribution in [0.3, 0.4) is 0 Å². The molecule has 1 fully saturated rings. The number of nitrogens with zero attached hydrogens (tertiary/aromatic N) is 3. The Labute approximate surface area is 154 Å². The molecule has 0 aliphatic heterocycles. The topological polar surface area (TPSA) is 47.9 Å². The smallest absolute Gasteiger partial charge is 0.388 e. The van der Waals surface area contributed by atoms with Gasteiger partial charge < -0.3 is 4.74 Å². The largest absolute Gasteiger partial charge is 0.415 e. The van der Waals surface area contributed by atoms with E-state index in [1.807, 2.05) is 25.3 Å². The van der Waals surface area contributed by atoms with E-state index >= 15 is 0 Å². The van der Waals surface area contributed by atoms with Crippen LogP contribution in [0.5, 0.6) is 5.88 Å². The Bertz CT molecular complexity index is 922. The molecular formula is C19H19F2N3OS. The van der Waals surface area contributed by atoms with Gasteiger partial charge in [0.25, 0.3) is 0 Å². The molecule has 136 valence electrons. The first-order valence-corrected chi connectivity index (χ1v) is 9.60. The Balaban J connectivity index is 1.72. The van der Waals surface area contributed by atoms with E-state index in [0.717, 1.165) is 16.1 Å². The van der Waals surface area contributed by atoms with Gasteiger partial charge in [-0.3, -0.25) is 0 Å². The van der Waals surface area contributed by atoms with Gasteiger partial charge in [0.1, 0.15) is 5.01 Å². The number of thiazole rings is 1. The maximum atomic E-state index is 12.4. The van der Waals surface area contributed by atoms with Crippen molar-refractivity contribution in [2.24, 2.45) is 0 Å². The molecule has 0 radical (unpaired) electrons. The van der Waals surface area contributed by atoms with Crippen molar-refractivity contribution in [3.05, 3.63) is 35.0 Å². The van der Waals surface area contributed by atoms with Crippen molar-refractivity contribution in [2.45, 2.75) is 51.6 Å². The number of aryl methyl sites for hydroxylation is 1. The van der Waals surface area contributed by atoms with E-state index in [0.29, 0.717) is 17.0 Å². The summed E-state index contributed by atoms with van der Waals surface area (Å²) >= 11 is 1.70. The van der Waals surface area contributed by atoms with E-state index in [2.05, 4.69) is 19.7 Å². The summed E-state index contributed by atoms with van der Waals surface area (Å²) in [5.74, 6) is 0.425. The van der Waals surface area contributed by atoms with Gasteiger partial charge in [0, 0.05) is 16.6 Å². The summed E-state index contributed by atoms with van der Waals surface area (Å²) in [7, 11) is 0. The fraction of sp³-hybridized carbons (Fsp3) is 0.421. The van der Waals surface area contributed by atoms with E-state index in [9.17, 15) is 8.78 Å². The van der Waals surface area contributed by atoms with Crippen LogP contribution in [-0.2, 0) is 0 Å². The molecule has 1 saturated carbocycles. The first-order chi connectivity index (χ1) is 12.6. The van der Waals surface area contributed by atoms with Crippen molar-refractivity contribution in [1.29, 1.82) is 0 Å². The third-order valence-electron chi connectivity index (χ3n) is 4.74. The van der Waals surface area contributed by atoms with Crippen molar-refractivity contribution >= 4 is 22.4 Å². The van der Waals surface area contributed by atoms with Crippen LogP contribution in [0.15, 0.2) is 24.5 Å². The second kappa shape index (κ2) is 7.23. The molecule has 0 saturated heterocycles. The summed E-state index contributed by atoms with van der Waals surface area (Å²) in [5.41, 5.74) is 3.06. The fourth-order valence-corrected chi connectivity index (χ4v) is 4.65. The quantitative estimate of drug-likeness (QED) is 0.586. The van der Waals surface area contributed by atoms with Gasteiger partial charge in [-0.15, -0.1) is 11.3 Å². The molecule has 3 aromatic rings. The van der Waals surface area contributed by atoms with E-state index in [4.69, 9.17) is 0 Å². The molecule has 4 rings (SSSR count). The molecule has 2 heterocycles. The van der Waals surface area contributed by atoms with Crippen molar-refractivity contribution in [1.82, 2.24) is 15.0 Å². The predicted octanol–water partition coefficient (Wildman–Crippen LogP) is 5.71. The predicted molar refractivity (Wildman–Crippen MR) is 97.8 cm³/mol. The van der Waals surface area contributed by atoms with E-state index in [1.54, 1.807) is 11.3 Å². The molecule has 0 bridgehead atoms. The second-order valence-corrected chi connectivity index (χ2v) is 7.73. The van der Waals surface area contributed by atoms with Crippen LogP contribution in [0.4, 0.5) is 8.78 Å². The van der Waals surface area contributed by atoms with E-state index in [-0.39, 0.29) is 5.88 Å². The lowest BCUT2D eigenvalue weighted by atomic mass is 9.89. The minimum atomic E-state index is -2.91. The Morgan fingerprint density at radius 2 is 1.92 bits per heavy atom. The lowest BCUT2D eigenvalue weighted by Crippen LogP contribution is -2.04. The highest BCUT2D eigenvalue weighted by atomic mass is 32.1. The van der Waals surface area contributed by atoms with Gasteiger partial charge in [-0.25, -0.2) is 15.0 Å². The Hall–Kier alpha value is -2.15. The summed E-state index contributed by atoms with van der Waals surface area (Å²) in [6.07, 6.45) is 9.56. The molecule has 1 aromatic carbocycles. The van der Waals surface area contributed by atoms with E-state index < -0.39 is 6.61 Å². The zero-order chi connectivity index (χ0) is 18.1. The number of ether oxygens (including phenoxy) is 1. The highest BCUT2D eigenvalue weighted by molar-refractivity contribution is 7.15. The molecule has 0 spiro atoms. The van der Waals surface area contributed by atoms with Gasteiger partial charge in [0.15, 0.2) is 0 Å². The van der Waals surface area contributed by atoms with E-state index in [1.165, 1.54) is 43.2 Å². The molecule has 1 aliphatic carbocycles. The third kappa shape index (κ3) is 3.53. The van der Waals surface area contributed by atoms with Crippen LogP contribution < -0.4 is 4.74 Å². The van der Waals surface area contributed by atoms with Gasteiger partial charge in [0.05, 0.1) is 17.2 Å². The fourth-order valence-electron chi connectivity index (χ4n) is 3.55. The molecule has 26 heavy (non-hydrogen) atoms. The Morgan fingerprint density at radius 3 is 2.69 bits per heavy atom. The number of fused-ring (bicyclic) bond motifs is 1. The van der Waals surface area contributed by atoms with Gasteiger partial charge in [0.2, 0.25) is 5.88 Å². The van der Waals surface area contributed by atoms with Crippen molar-refractivity contribution in [3.63, 3.8) is 0 Å². The van der Waals surface area contributed by atoms with Crippen molar-refractivity contribution < 1.29 is 13.5 Å². The average molecular weight is 375 g/mol. The highest BCUT2D eigenvalue weighted by Gasteiger charge is 2.20. The zero-order valence-corrected chi connectivity index (χ0v) is 15.2. The number of alkyl halides is 2. The maximum Gasteiger partial charge on any atom is 0.388 e. The number of hydrogen-bond donors (Lipinski definition) is 0. The molecule has 2 aromatic heterocycles. The first-order valence-electron chi connectivity index (χ1n) is 8.78. The molecule has 7 heteroatoms. The lowest BCUT2D eigenvalue weighted by molar-refractivity contribution is -0.0528. The highest BCUT2D eigenvalue weighted by Crippen LogP contribution is 2.39. The van der Waals surface area contributed by atoms with Crippen molar-refractivity contribution in [2.75, 3.05) is 0 Å².